The van der Waals surface area contributed by atoms with Crippen LogP contribution in [0.4, 0.5) is 4.79 Å². The van der Waals surface area contributed by atoms with Crippen LogP contribution < -0.4 is 5.32 Å². The third kappa shape index (κ3) is 4.11. The van der Waals surface area contributed by atoms with Crippen molar-refractivity contribution >= 4 is 6.03 Å². The second kappa shape index (κ2) is 7.44. The van der Waals surface area contributed by atoms with E-state index in [1.165, 1.54) is 6.33 Å². The molecule has 2 atom stereocenters. The Morgan fingerprint density at radius 2 is 1.96 bits per heavy atom. The van der Waals surface area contributed by atoms with Crippen molar-refractivity contribution in [3.8, 4) is 0 Å². The molecule has 0 unspecified atom stereocenters. The normalized spacial score (nSPS) is 20.8. The number of hydrogen-bond donors (Lipinski definition) is 1. The van der Waals surface area contributed by atoms with Crippen LogP contribution in [0.25, 0.3) is 0 Å². The fourth-order valence-electron chi connectivity index (χ4n) is 3.00. The Labute approximate surface area is 141 Å². The van der Waals surface area contributed by atoms with Gasteiger partial charge in [0.05, 0.1) is 18.8 Å². The number of amides is 2. The van der Waals surface area contributed by atoms with E-state index in [0.717, 1.165) is 11.1 Å². The third-order valence-electron chi connectivity index (χ3n) is 4.05. The topological polar surface area (TPSA) is 72.3 Å². The van der Waals surface area contributed by atoms with Gasteiger partial charge in [-0.15, -0.1) is 0 Å². The first-order valence-corrected chi connectivity index (χ1v) is 8.19. The summed E-state index contributed by atoms with van der Waals surface area (Å²) >= 11 is 0. The van der Waals surface area contributed by atoms with Gasteiger partial charge >= 0.3 is 6.03 Å². The van der Waals surface area contributed by atoms with Crippen LogP contribution in [-0.2, 0) is 17.8 Å². The lowest BCUT2D eigenvalue weighted by molar-refractivity contribution is -0.0545. The lowest BCUT2D eigenvalue weighted by Crippen LogP contribution is -2.51. The highest BCUT2D eigenvalue weighted by molar-refractivity contribution is 5.74. The summed E-state index contributed by atoms with van der Waals surface area (Å²) in [6.07, 6.45) is 3.34. The zero-order valence-electron chi connectivity index (χ0n) is 14.1. The highest BCUT2D eigenvalue weighted by Gasteiger charge is 2.25. The molecule has 1 N–H and O–H groups in total. The summed E-state index contributed by atoms with van der Waals surface area (Å²) in [4.78, 5) is 18.2. The van der Waals surface area contributed by atoms with E-state index < -0.39 is 0 Å². The molecule has 7 heteroatoms. The Morgan fingerprint density at radius 1 is 1.25 bits per heavy atom. The van der Waals surface area contributed by atoms with Crippen LogP contribution in [-0.4, -0.2) is 51.0 Å². The average molecular weight is 329 g/mol. The number of ether oxygens (including phenoxy) is 1. The van der Waals surface area contributed by atoms with Crippen LogP contribution in [0.2, 0.25) is 0 Å². The molecule has 128 valence electrons. The molecule has 2 aromatic rings. The number of carbonyl (C=O) groups excluding carboxylic acids is 1. The maximum Gasteiger partial charge on any atom is 0.317 e. The van der Waals surface area contributed by atoms with Crippen LogP contribution in [0.3, 0.4) is 0 Å². The Bertz CT molecular complexity index is 663. The first-order chi connectivity index (χ1) is 11.6. The molecule has 0 saturated carbocycles. The number of rotatable bonds is 4. The standard InChI is InChI=1S/C17H23N5O2/c1-13-8-21(9-14(2)24-13)17(23)19-7-15-5-3-4-6-16(15)10-22-12-18-11-20-22/h3-6,11-14H,7-10H2,1-2H3,(H,19,23)/t13-,14-/m0/s1. The van der Waals surface area contributed by atoms with E-state index in [0.29, 0.717) is 26.2 Å². The predicted octanol–water partition coefficient (Wildman–Crippen LogP) is 1.65. The molecule has 1 aromatic heterocycles. The van der Waals surface area contributed by atoms with E-state index in [2.05, 4.69) is 15.4 Å². The second-order valence-electron chi connectivity index (χ2n) is 6.18. The first kappa shape index (κ1) is 16.4. The van der Waals surface area contributed by atoms with E-state index in [1.54, 1.807) is 11.0 Å². The van der Waals surface area contributed by atoms with Crippen molar-refractivity contribution in [2.45, 2.75) is 39.1 Å². The molecule has 2 heterocycles. The molecule has 7 nitrogen and oxygen atoms in total. The van der Waals surface area contributed by atoms with E-state index in [-0.39, 0.29) is 18.2 Å². The Balaban J connectivity index is 1.61. The van der Waals surface area contributed by atoms with Gasteiger partial charge in [-0.2, -0.15) is 5.10 Å². The Morgan fingerprint density at radius 3 is 2.62 bits per heavy atom. The first-order valence-electron chi connectivity index (χ1n) is 8.19. The van der Waals surface area contributed by atoms with Gasteiger partial charge in [-0.25, -0.2) is 14.5 Å². The SMILES string of the molecule is C[C@H]1CN(C(=O)NCc2ccccc2Cn2cncn2)C[C@H](C)O1. The van der Waals surface area contributed by atoms with Gasteiger partial charge in [0.15, 0.2) is 0 Å². The zero-order valence-corrected chi connectivity index (χ0v) is 14.1. The molecule has 1 saturated heterocycles. The molecule has 2 amide bonds. The molecule has 3 rings (SSSR count). The van der Waals surface area contributed by atoms with Crippen molar-refractivity contribution in [3.63, 3.8) is 0 Å². The molecule has 0 spiro atoms. The molecular formula is C17H23N5O2. The number of nitrogens with one attached hydrogen (secondary N) is 1. The van der Waals surface area contributed by atoms with Gasteiger partial charge in [0, 0.05) is 19.6 Å². The van der Waals surface area contributed by atoms with Crippen molar-refractivity contribution in [3.05, 3.63) is 48.0 Å². The van der Waals surface area contributed by atoms with E-state index in [9.17, 15) is 4.79 Å². The minimum absolute atomic E-state index is 0.0486. The number of morpholine rings is 1. The largest absolute Gasteiger partial charge is 0.372 e. The summed E-state index contributed by atoms with van der Waals surface area (Å²) in [6, 6.07) is 7.99. The molecule has 0 radical (unpaired) electrons. The van der Waals surface area contributed by atoms with Crippen LogP contribution in [0.15, 0.2) is 36.9 Å². The molecular weight excluding hydrogens is 306 g/mol. The van der Waals surface area contributed by atoms with Gasteiger partial charge in [-0.1, -0.05) is 24.3 Å². The van der Waals surface area contributed by atoms with Gasteiger partial charge in [0.1, 0.15) is 12.7 Å². The number of urea groups is 1. The van der Waals surface area contributed by atoms with Crippen LogP contribution in [0, 0.1) is 0 Å². The Hall–Kier alpha value is -2.41. The maximum absolute atomic E-state index is 12.4. The van der Waals surface area contributed by atoms with Crippen molar-refractivity contribution in [2.24, 2.45) is 0 Å². The number of carbonyl (C=O) groups is 1. The highest BCUT2D eigenvalue weighted by Crippen LogP contribution is 2.12. The van der Waals surface area contributed by atoms with Gasteiger partial charge < -0.3 is 15.0 Å². The molecule has 24 heavy (non-hydrogen) atoms. The summed E-state index contributed by atoms with van der Waals surface area (Å²) in [5.74, 6) is 0. The molecule has 1 fully saturated rings. The third-order valence-corrected chi connectivity index (χ3v) is 4.05. The minimum Gasteiger partial charge on any atom is -0.372 e. The fraction of sp³-hybridized carbons (Fsp3) is 0.471. The Kier molecular flexibility index (Phi) is 5.10. The molecule has 1 aromatic carbocycles. The highest BCUT2D eigenvalue weighted by atomic mass is 16.5. The van der Waals surface area contributed by atoms with Crippen molar-refractivity contribution in [1.82, 2.24) is 25.0 Å². The van der Waals surface area contributed by atoms with Crippen molar-refractivity contribution in [1.29, 1.82) is 0 Å². The molecule has 0 bridgehead atoms. The number of benzene rings is 1. The smallest absolute Gasteiger partial charge is 0.317 e. The second-order valence-corrected chi connectivity index (χ2v) is 6.18. The number of nitrogens with zero attached hydrogens (tertiary/aromatic N) is 4. The lowest BCUT2D eigenvalue weighted by Gasteiger charge is -2.35. The summed E-state index contributed by atoms with van der Waals surface area (Å²) in [6.45, 7) is 6.35. The van der Waals surface area contributed by atoms with Gasteiger partial charge in [0.2, 0.25) is 0 Å². The predicted molar refractivity (Wildman–Crippen MR) is 89.4 cm³/mol. The van der Waals surface area contributed by atoms with E-state index >= 15 is 0 Å². The van der Waals surface area contributed by atoms with Crippen molar-refractivity contribution in [2.75, 3.05) is 13.1 Å². The number of aromatic nitrogens is 3. The summed E-state index contributed by atoms with van der Waals surface area (Å²) in [5, 5.41) is 7.15. The van der Waals surface area contributed by atoms with Crippen LogP contribution in [0.5, 0.6) is 0 Å². The van der Waals surface area contributed by atoms with Gasteiger partial charge in [-0.05, 0) is 25.0 Å². The molecule has 0 aliphatic carbocycles. The minimum atomic E-state index is -0.0486. The monoisotopic (exact) mass is 329 g/mol. The zero-order chi connectivity index (χ0) is 16.9. The van der Waals surface area contributed by atoms with E-state index in [1.807, 2.05) is 43.0 Å². The maximum atomic E-state index is 12.4. The fourth-order valence-corrected chi connectivity index (χ4v) is 3.00. The van der Waals surface area contributed by atoms with Crippen molar-refractivity contribution < 1.29 is 9.53 Å². The number of hydrogen-bond acceptors (Lipinski definition) is 4. The van der Waals surface area contributed by atoms with Crippen LogP contribution in [0.1, 0.15) is 25.0 Å². The quantitative estimate of drug-likeness (QED) is 0.926. The summed E-state index contributed by atoms with van der Waals surface area (Å²) in [5.41, 5.74) is 2.20. The van der Waals surface area contributed by atoms with Gasteiger partial charge in [0.25, 0.3) is 0 Å². The average Bonchev–Trinajstić information content (AvgIpc) is 3.06. The molecule has 1 aliphatic rings. The summed E-state index contributed by atoms with van der Waals surface area (Å²) in [7, 11) is 0. The van der Waals surface area contributed by atoms with Crippen LogP contribution >= 0.6 is 0 Å². The lowest BCUT2D eigenvalue weighted by atomic mass is 10.1. The van der Waals surface area contributed by atoms with Gasteiger partial charge in [-0.3, -0.25) is 0 Å². The molecule has 1 aliphatic heterocycles. The summed E-state index contributed by atoms with van der Waals surface area (Å²) < 4.78 is 7.44. The van der Waals surface area contributed by atoms with E-state index in [4.69, 9.17) is 4.74 Å².